The van der Waals surface area contributed by atoms with Gasteiger partial charge in [0, 0.05) is 25.5 Å². The molecule has 0 fully saturated rings. The largest absolute Gasteiger partial charge is 0.377 e. The summed E-state index contributed by atoms with van der Waals surface area (Å²) in [5, 5.41) is 2.89. The molecule has 2 aromatic rings. The Hall–Kier alpha value is -2.29. The maximum absolute atomic E-state index is 12.3. The van der Waals surface area contributed by atoms with Crippen LogP contribution in [0.5, 0.6) is 0 Å². The number of hydrogen-bond donors (Lipinski definition) is 1. The van der Waals surface area contributed by atoms with Gasteiger partial charge in [-0.05, 0) is 36.8 Å². The van der Waals surface area contributed by atoms with Crippen LogP contribution in [0, 0.1) is 6.92 Å². The zero-order valence-electron chi connectivity index (χ0n) is 11.2. The predicted octanol–water partition coefficient (Wildman–Crippen LogP) is 3.19. The van der Waals surface area contributed by atoms with E-state index in [4.69, 9.17) is 0 Å². The standard InChI is InChI=1S/C16H17N2O/c1-12-8-10-13(11-9-12)17-16(19)14-6-4-5-7-15(14)18(2)3/h4-11H,1H2,2-3H3,(H,17,19). The molecule has 0 aromatic heterocycles. The van der Waals surface area contributed by atoms with Crippen molar-refractivity contribution in [1.82, 2.24) is 0 Å². The van der Waals surface area contributed by atoms with Crippen molar-refractivity contribution in [2.75, 3.05) is 24.3 Å². The number of benzene rings is 2. The fourth-order valence-corrected chi connectivity index (χ4v) is 1.84. The van der Waals surface area contributed by atoms with E-state index in [1.54, 1.807) is 0 Å². The zero-order chi connectivity index (χ0) is 13.8. The molecule has 1 radical (unpaired) electrons. The number of hydrogen-bond acceptors (Lipinski definition) is 2. The van der Waals surface area contributed by atoms with Gasteiger partial charge in [-0.2, -0.15) is 0 Å². The Kier molecular flexibility index (Phi) is 3.85. The Morgan fingerprint density at radius 1 is 1.05 bits per heavy atom. The van der Waals surface area contributed by atoms with Gasteiger partial charge >= 0.3 is 0 Å². The minimum Gasteiger partial charge on any atom is -0.377 e. The van der Waals surface area contributed by atoms with E-state index in [0.29, 0.717) is 5.56 Å². The highest BCUT2D eigenvalue weighted by molar-refractivity contribution is 6.08. The maximum atomic E-state index is 12.3. The van der Waals surface area contributed by atoms with Crippen molar-refractivity contribution < 1.29 is 4.79 Å². The number of para-hydroxylation sites is 1. The van der Waals surface area contributed by atoms with Gasteiger partial charge in [0.1, 0.15) is 0 Å². The number of anilines is 2. The van der Waals surface area contributed by atoms with E-state index in [9.17, 15) is 4.79 Å². The van der Waals surface area contributed by atoms with Crippen molar-refractivity contribution >= 4 is 17.3 Å². The zero-order valence-corrected chi connectivity index (χ0v) is 11.2. The molecule has 2 aromatic carbocycles. The third kappa shape index (κ3) is 3.13. The summed E-state index contributed by atoms with van der Waals surface area (Å²) in [6.45, 7) is 3.82. The van der Waals surface area contributed by atoms with Crippen molar-refractivity contribution in [3.05, 3.63) is 66.6 Å². The van der Waals surface area contributed by atoms with Crippen LogP contribution in [0.4, 0.5) is 11.4 Å². The topological polar surface area (TPSA) is 32.3 Å². The molecule has 97 valence electrons. The first-order valence-corrected chi connectivity index (χ1v) is 6.07. The van der Waals surface area contributed by atoms with E-state index in [2.05, 4.69) is 12.2 Å². The smallest absolute Gasteiger partial charge is 0.257 e. The lowest BCUT2D eigenvalue weighted by atomic mass is 10.1. The first kappa shape index (κ1) is 13.1. The van der Waals surface area contributed by atoms with Crippen LogP contribution < -0.4 is 10.2 Å². The average Bonchev–Trinajstić information content (AvgIpc) is 2.41. The number of carbonyl (C=O) groups is 1. The molecule has 2 rings (SSSR count). The molecule has 0 bridgehead atoms. The summed E-state index contributed by atoms with van der Waals surface area (Å²) < 4.78 is 0. The van der Waals surface area contributed by atoms with Crippen LogP contribution >= 0.6 is 0 Å². The van der Waals surface area contributed by atoms with Crippen LogP contribution in [0.15, 0.2) is 48.5 Å². The molecular weight excluding hydrogens is 236 g/mol. The van der Waals surface area contributed by atoms with E-state index in [-0.39, 0.29) is 5.91 Å². The lowest BCUT2D eigenvalue weighted by Gasteiger charge is -2.16. The molecule has 0 aliphatic heterocycles. The number of amides is 1. The molecular formula is C16H17N2O. The summed E-state index contributed by atoms with van der Waals surface area (Å²) in [5.41, 5.74) is 3.25. The highest BCUT2D eigenvalue weighted by atomic mass is 16.1. The predicted molar refractivity (Wildman–Crippen MR) is 79.6 cm³/mol. The number of nitrogens with one attached hydrogen (secondary N) is 1. The fraction of sp³-hybridized carbons (Fsp3) is 0.125. The third-order valence-electron chi connectivity index (χ3n) is 2.84. The van der Waals surface area contributed by atoms with Gasteiger partial charge in [0.15, 0.2) is 0 Å². The molecule has 0 atom stereocenters. The van der Waals surface area contributed by atoms with Crippen LogP contribution in [-0.2, 0) is 0 Å². The van der Waals surface area contributed by atoms with Crippen molar-refractivity contribution in [2.24, 2.45) is 0 Å². The fourth-order valence-electron chi connectivity index (χ4n) is 1.84. The van der Waals surface area contributed by atoms with E-state index in [0.717, 1.165) is 16.9 Å². The van der Waals surface area contributed by atoms with Crippen molar-refractivity contribution in [3.8, 4) is 0 Å². The Labute approximate surface area is 113 Å². The lowest BCUT2D eigenvalue weighted by molar-refractivity contribution is 0.102. The van der Waals surface area contributed by atoms with Crippen molar-refractivity contribution in [3.63, 3.8) is 0 Å². The summed E-state index contributed by atoms with van der Waals surface area (Å²) >= 11 is 0. The summed E-state index contributed by atoms with van der Waals surface area (Å²) in [7, 11) is 3.84. The SMILES string of the molecule is [CH2]c1ccc(NC(=O)c2ccccc2N(C)C)cc1. The molecule has 0 aliphatic carbocycles. The second-order valence-corrected chi connectivity index (χ2v) is 4.56. The van der Waals surface area contributed by atoms with Crippen LogP contribution in [0.2, 0.25) is 0 Å². The first-order valence-electron chi connectivity index (χ1n) is 6.07. The quantitative estimate of drug-likeness (QED) is 0.911. The molecule has 0 saturated carbocycles. The number of nitrogens with zero attached hydrogens (tertiary/aromatic N) is 1. The van der Waals surface area contributed by atoms with Crippen molar-refractivity contribution in [1.29, 1.82) is 0 Å². The van der Waals surface area contributed by atoms with Gasteiger partial charge in [-0.25, -0.2) is 0 Å². The summed E-state index contributed by atoms with van der Waals surface area (Å²) in [6.07, 6.45) is 0. The molecule has 0 spiro atoms. The van der Waals surface area contributed by atoms with Crippen LogP contribution in [0.1, 0.15) is 15.9 Å². The second-order valence-electron chi connectivity index (χ2n) is 4.56. The van der Waals surface area contributed by atoms with Crippen LogP contribution in [-0.4, -0.2) is 20.0 Å². The number of rotatable bonds is 3. The molecule has 3 heteroatoms. The Morgan fingerprint density at radius 3 is 2.32 bits per heavy atom. The van der Waals surface area contributed by atoms with Gasteiger partial charge in [-0.3, -0.25) is 4.79 Å². The maximum Gasteiger partial charge on any atom is 0.257 e. The van der Waals surface area contributed by atoms with Crippen LogP contribution in [0.25, 0.3) is 0 Å². The van der Waals surface area contributed by atoms with Gasteiger partial charge in [-0.1, -0.05) is 24.3 Å². The molecule has 3 nitrogen and oxygen atoms in total. The first-order chi connectivity index (χ1) is 9.08. The van der Waals surface area contributed by atoms with Gasteiger partial charge < -0.3 is 10.2 Å². The second kappa shape index (κ2) is 5.57. The van der Waals surface area contributed by atoms with Crippen molar-refractivity contribution in [2.45, 2.75) is 0 Å². The normalized spacial score (nSPS) is 10.1. The molecule has 0 unspecified atom stereocenters. The number of carbonyl (C=O) groups excluding carboxylic acids is 1. The lowest BCUT2D eigenvalue weighted by Crippen LogP contribution is -2.18. The van der Waals surface area contributed by atoms with Crippen LogP contribution in [0.3, 0.4) is 0 Å². The Balaban J connectivity index is 2.23. The van der Waals surface area contributed by atoms with Gasteiger partial charge in [0.05, 0.1) is 5.56 Å². The summed E-state index contributed by atoms with van der Waals surface area (Å²) in [5.74, 6) is -0.110. The highest BCUT2D eigenvalue weighted by Crippen LogP contribution is 2.19. The molecule has 1 N–H and O–H groups in total. The summed E-state index contributed by atoms with van der Waals surface area (Å²) in [6, 6.07) is 15.0. The van der Waals surface area contributed by atoms with Gasteiger partial charge in [-0.15, -0.1) is 0 Å². The Bertz CT molecular complexity index is 574. The highest BCUT2D eigenvalue weighted by Gasteiger charge is 2.12. The molecule has 0 aliphatic rings. The Morgan fingerprint density at radius 2 is 1.68 bits per heavy atom. The third-order valence-corrected chi connectivity index (χ3v) is 2.84. The minimum absolute atomic E-state index is 0.110. The molecule has 0 saturated heterocycles. The average molecular weight is 253 g/mol. The molecule has 19 heavy (non-hydrogen) atoms. The minimum atomic E-state index is -0.110. The summed E-state index contributed by atoms with van der Waals surface area (Å²) in [4.78, 5) is 14.2. The molecule has 1 amide bonds. The van der Waals surface area contributed by atoms with E-state index in [1.807, 2.05) is 67.5 Å². The monoisotopic (exact) mass is 253 g/mol. The van der Waals surface area contributed by atoms with E-state index < -0.39 is 0 Å². The van der Waals surface area contributed by atoms with E-state index >= 15 is 0 Å². The van der Waals surface area contributed by atoms with Gasteiger partial charge in [0.2, 0.25) is 0 Å². The van der Waals surface area contributed by atoms with E-state index in [1.165, 1.54) is 0 Å². The van der Waals surface area contributed by atoms with Gasteiger partial charge in [0.25, 0.3) is 5.91 Å². The molecule has 0 heterocycles.